The van der Waals surface area contributed by atoms with Crippen molar-refractivity contribution in [1.82, 2.24) is 29.3 Å². The third kappa shape index (κ3) is 3.55. The highest BCUT2D eigenvalue weighted by Gasteiger charge is 2.34. The van der Waals surface area contributed by atoms with E-state index in [-0.39, 0.29) is 11.5 Å². The van der Waals surface area contributed by atoms with Gasteiger partial charge < -0.3 is 5.32 Å². The first-order valence-corrected chi connectivity index (χ1v) is 10.4. The van der Waals surface area contributed by atoms with Crippen molar-refractivity contribution in [3.05, 3.63) is 64.6 Å². The van der Waals surface area contributed by atoms with Gasteiger partial charge in [-0.2, -0.15) is 19.8 Å². The molecule has 1 aliphatic carbocycles. The lowest BCUT2D eigenvalue weighted by molar-refractivity contribution is 0.102. The Kier molecular flexibility index (Phi) is 4.72. The quantitative estimate of drug-likeness (QED) is 0.516. The minimum absolute atomic E-state index is 0.255. The molecule has 1 saturated carbocycles. The summed E-state index contributed by atoms with van der Waals surface area (Å²) in [5, 5.41) is 20.3. The fourth-order valence-corrected chi connectivity index (χ4v) is 4.26. The predicted molar refractivity (Wildman–Crippen MR) is 114 cm³/mol. The lowest BCUT2D eigenvalue weighted by Gasteiger charge is -2.08. The van der Waals surface area contributed by atoms with Crippen LogP contribution in [0.1, 0.15) is 45.1 Å². The maximum atomic E-state index is 13.1. The number of hydrogen-bond donors (Lipinski definition) is 1. The molecule has 0 aliphatic heterocycles. The number of nitriles is 1. The lowest BCUT2D eigenvalue weighted by atomic mass is 10.0. The second-order valence-corrected chi connectivity index (χ2v) is 7.97. The zero-order valence-corrected chi connectivity index (χ0v) is 17.3. The van der Waals surface area contributed by atoms with Crippen molar-refractivity contribution in [3.8, 4) is 23.3 Å². The van der Waals surface area contributed by atoms with Gasteiger partial charge in [0, 0.05) is 11.8 Å². The summed E-state index contributed by atoms with van der Waals surface area (Å²) >= 11 is 1.17. The zero-order chi connectivity index (χ0) is 21.4. The number of anilines is 1. The van der Waals surface area contributed by atoms with Crippen LogP contribution in [0.3, 0.4) is 0 Å². The SMILES string of the molecule is Cc1cccnc1-c1nsc(C(=O)Nc2cnc(-n3nccn3)c(C#N)c2)c1C1CC1. The average molecular weight is 428 g/mol. The molecule has 0 bridgehead atoms. The fourth-order valence-electron chi connectivity index (χ4n) is 3.40. The number of nitrogens with one attached hydrogen (secondary N) is 1. The van der Waals surface area contributed by atoms with Crippen LogP contribution in [0.4, 0.5) is 5.69 Å². The zero-order valence-electron chi connectivity index (χ0n) is 16.5. The van der Waals surface area contributed by atoms with Crippen LogP contribution in [0.25, 0.3) is 17.2 Å². The van der Waals surface area contributed by atoms with Gasteiger partial charge in [0.1, 0.15) is 22.2 Å². The fraction of sp³-hybridized carbons (Fsp3) is 0.190. The van der Waals surface area contributed by atoms with E-state index >= 15 is 0 Å². The van der Waals surface area contributed by atoms with Gasteiger partial charge in [0.25, 0.3) is 5.91 Å². The Morgan fingerprint density at radius 3 is 2.74 bits per heavy atom. The molecular weight excluding hydrogens is 412 g/mol. The number of nitrogens with zero attached hydrogens (tertiary/aromatic N) is 7. The molecule has 0 saturated heterocycles. The Morgan fingerprint density at radius 1 is 1.23 bits per heavy atom. The van der Waals surface area contributed by atoms with Crippen molar-refractivity contribution in [2.24, 2.45) is 0 Å². The lowest BCUT2D eigenvalue weighted by Crippen LogP contribution is -2.13. The van der Waals surface area contributed by atoms with Crippen LogP contribution in [-0.4, -0.2) is 35.2 Å². The number of rotatable bonds is 5. The second kappa shape index (κ2) is 7.70. The van der Waals surface area contributed by atoms with Gasteiger partial charge >= 0.3 is 0 Å². The summed E-state index contributed by atoms with van der Waals surface area (Å²) in [5.74, 6) is 0.349. The highest BCUT2D eigenvalue weighted by Crippen LogP contribution is 2.47. The van der Waals surface area contributed by atoms with Crippen LogP contribution < -0.4 is 5.32 Å². The van der Waals surface area contributed by atoms with Gasteiger partial charge in [-0.05, 0) is 54.9 Å². The predicted octanol–water partition coefficient (Wildman–Crippen LogP) is 3.49. The molecular formula is C21H16N8OS. The summed E-state index contributed by atoms with van der Waals surface area (Å²) in [6.07, 6.45) is 8.29. The Hall–Kier alpha value is -3.97. The normalized spacial score (nSPS) is 13.0. The summed E-state index contributed by atoms with van der Waals surface area (Å²) in [6.45, 7) is 1.99. The third-order valence-electron chi connectivity index (χ3n) is 5.01. The molecule has 152 valence electrons. The number of hydrogen-bond acceptors (Lipinski definition) is 8. The molecule has 0 atom stereocenters. The standard InChI is InChI=1S/C21H16N8OS/c1-12-3-2-6-23-17(12)18-16(13-4-5-13)19(31-28-18)21(30)27-15-9-14(10-22)20(24-11-15)29-25-7-8-26-29/h2-3,6-9,11,13H,4-5H2,1H3,(H,27,30). The van der Waals surface area contributed by atoms with Gasteiger partial charge in [0.15, 0.2) is 5.82 Å². The van der Waals surface area contributed by atoms with E-state index in [1.807, 2.05) is 19.1 Å². The van der Waals surface area contributed by atoms with Gasteiger partial charge in [-0.25, -0.2) is 4.98 Å². The summed E-state index contributed by atoms with van der Waals surface area (Å²) in [6, 6.07) is 7.51. The molecule has 1 amide bonds. The summed E-state index contributed by atoms with van der Waals surface area (Å²) in [7, 11) is 0. The Balaban J connectivity index is 1.47. The van der Waals surface area contributed by atoms with E-state index in [0.717, 1.165) is 35.4 Å². The van der Waals surface area contributed by atoms with E-state index in [4.69, 9.17) is 0 Å². The van der Waals surface area contributed by atoms with E-state index in [9.17, 15) is 10.1 Å². The summed E-state index contributed by atoms with van der Waals surface area (Å²) in [4.78, 5) is 23.7. The number of aryl methyl sites for hydroxylation is 1. The summed E-state index contributed by atoms with van der Waals surface area (Å²) < 4.78 is 4.58. The molecule has 10 heteroatoms. The van der Waals surface area contributed by atoms with Crippen molar-refractivity contribution in [2.45, 2.75) is 25.7 Å². The monoisotopic (exact) mass is 428 g/mol. The van der Waals surface area contributed by atoms with Crippen molar-refractivity contribution >= 4 is 23.1 Å². The van der Waals surface area contributed by atoms with Crippen LogP contribution in [0.15, 0.2) is 43.0 Å². The maximum Gasteiger partial charge on any atom is 0.267 e. The van der Waals surface area contributed by atoms with Crippen LogP contribution >= 0.6 is 11.5 Å². The minimum Gasteiger partial charge on any atom is -0.320 e. The number of aromatic nitrogens is 6. The molecule has 5 rings (SSSR count). The van der Waals surface area contributed by atoms with Gasteiger partial charge in [-0.15, -0.1) is 4.80 Å². The minimum atomic E-state index is -0.269. The van der Waals surface area contributed by atoms with Crippen LogP contribution in [-0.2, 0) is 0 Å². The molecule has 4 heterocycles. The van der Waals surface area contributed by atoms with E-state index in [2.05, 4.69) is 35.9 Å². The van der Waals surface area contributed by atoms with Crippen LogP contribution in [0.5, 0.6) is 0 Å². The van der Waals surface area contributed by atoms with Crippen molar-refractivity contribution in [3.63, 3.8) is 0 Å². The van der Waals surface area contributed by atoms with Gasteiger partial charge in [0.2, 0.25) is 0 Å². The maximum absolute atomic E-state index is 13.1. The molecule has 0 unspecified atom stereocenters. The first-order valence-electron chi connectivity index (χ1n) is 9.65. The third-order valence-corrected chi connectivity index (χ3v) is 5.87. The number of amides is 1. The van der Waals surface area contributed by atoms with E-state index in [1.54, 1.807) is 12.3 Å². The molecule has 1 fully saturated rings. The van der Waals surface area contributed by atoms with Crippen molar-refractivity contribution in [2.75, 3.05) is 5.32 Å². The molecule has 0 radical (unpaired) electrons. The first kappa shape index (κ1) is 19.0. The molecule has 0 spiro atoms. The first-order chi connectivity index (χ1) is 15.2. The van der Waals surface area contributed by atoms with Crippen LogP contribution in [0.2, 0.25) is 0 Å². The highest BCUT2D eigenvalue weighted by atomic mass is 32.1. The Morgan fingerprint density at radius 2 is 2.03 bits per heavy atom. The smallest absolute Gasteiger partial charge is 0.267 e. The Labute approximate surface area is 181 Å². The number of pyridine rings is 2. The van der Waals surface area contributed by atoms with E-state index in [0.29, 0.717) is 22.3 Å². The second-order valence-electron chi connectivity index (χ2n) is 7.20. The Bertz CT molecular complexity index is 1320. The molecule has 9 nitrogen and oxygen atoms in total. The molecule has 1 N–H and O–H groups in total. The van der Waals surface area contributed by atoms with Gasteiger partial charge in [-0.1, -0.05) is 6.07 Å². The van der Waals surface area contributed by atoms with Crippen molar-refractivity contribution < 1.29 is 4.79 Å². The summed E-state index contributed by atoms with van der Waals surface area (Å²) in [5.41, 5.74) is 4.24. The van der Waals surface area contributed by atoms with Gasteiger partial charge in [-0.3, -0.25) is 9.78 Å². The number of carbonyl (C=O) groups excluding carboxylic acids is 1. The molecule has 4 aromatic heterocycles. The van der Waals surface area contributed by atoms with Crippen LogP contribution in [0, 0.1) is 18.3 Å². The van der Waals surface area contributed by atoms with E-state index < -0.39 is 0 Å². The molecule has 31 heavy (non-hydrogen) atoms. The average Bonchev–Trinajstić information content (AvgIpc) is 3.29. The molecule has 1 aliphatic rings. The molecule has 0 aromatic carbocycles. The molecule has 4 aromatic rings. The topological polar surface area (TPSA) is 122 Å². The van der Waals surface area contributed by atoms with E-state index in [1.165, 1.54) is 34.9 Å². The van der Waals surface area contributed by atoms with Gasteiger partial charge in [0.05, 0.1) is 30.0 Å². The van der Waals surface area contributed by atoms with Crippen molar-refractivity contribution in [1.29, 1.82) is 5.26 Å². The largest absolute Gasteiger partial charge is 0.320 e. The number of carbonyl (C=O) groups is 1. The highest BCUT2D eigenvalue weighted by molar-refractivity contribution is 7.08.